The van der Waals surface area contributed by atoms with E-state index in [0.29, 0.717) is 12.5 Å². The maximum atomic E-state index is 5.83. The lowest BCUT2D eigenvalue weighted by atomic mass is 10.0. The zero-order chi connectivity index (χ0) is 13.3. The summed E-state index contributed by atoms with van der Waals surface area (Å²) >= 11 is 0. The first-order chi connectivity index (χ1) is 8.58. The molecule has 2 aromatic rings. The first kappa shape index (κ1) is 13.0. The lowest BCUT2D eigenvalue weighted by molar-refractivity contribution is 0.773. The van der Waals surface area contributed by atoms with E-state index >= 15 is 0 Å². The Balaban J connectivity index is 2.74. The van der Waals surface area contributed by atoms with E-state index in [4.69, 9.17) is 10.7 Å². The van der Waals surface area contributed by atoms with Gasteiger partial charge in [-0.3, -0.25) is 0 Å². The Hall–Kier alpha value is -1.42. The Bertz CT molecular complexity index is 554. The minimum atomic E-state index is 0.388. The van der Waals surface area contributed by atoms with E-state index in [1.54, 1.807) is 0 Å². The SMILES string of the molecule is CCCc1nc(C(C)C)c2c(CN)cn(C)c2n1. The minimum Gasteiger partial charge on any atom is -0.335 e. The van der Waals surface area contributed by atoms with Crippen LogP contribution in [0.4, 0.5) is 0 Å². The summed E-state index contributed by atoms with van der Waals surface area (Å²) in [7, 11) is 2.02. The highest BCUT2D eigenvalue weighted by molar-refractivity contribution is 5.83. The largest absolute Gasteiger partial charge is 0.335 e. The molecular formula is C14H22N4. The van der Waals surface area contributed by atoms with Crippen molar-refractivity contribution in [2.75, 3.05) is 0 Å². The third kappa shape index (κ3) is 2.12. The fourth-order valence-electron chi connectivity index (χ4n) is 2.34. The Morgan fingerprint density at radius 1 is 1.33 bits per heavy atom. The molecule has 2 heterocycles. The molecule has 0 saturated heterocycles. The maximum Gasteiger partial charge on any atom is 0.143 e. The fourth-order valence-corrected chi connectivity index (χ4v) is 2.34. The summed E-state index contributed by atoms with van der Waals surface area (Å²) in [6.45, 7) is 7.03. The van der Waals surface area contributed by atoms with Gasteiger partial charge in [-0.2, -0.15) is 0 Å². The number of fused-ring (bicyclic) bond motifs is 1. The molecule has 0 atom stereocenters. The van der Waals surface area contributed by atoms with Crippen LogP contribution in [0.5, 0.6) is 0 Å². The number of nitrogens with two attached hydrogens (primary N) is 1. The molecule has 0 aliphatic rings. The molecule has 0 spiro atoms. The average molecular weight is 246 g/mol. The second-order valence-corrected chi connectivity index (χ2v) is 5.10. The third-order valence-corrected chi connectivity index (χ3v) is 3.21. The normalized spacial score (nSPS) is 11.7. The van der Waals surface area contributed by atoms with Crippen LogP contribution in [0.2, 0.25) is 0 Å². The Morgan fingerprint density at radius 3 is 2.61 bits per heavy atom. The summed E-state index contributed by atoms with van der Waals surface area (Å²) in [6, 6.07) is 0. The predicted octanol–water partition coefficient (Wildman–Crippen LogP) is 2.50. The summed E-state index contributed by atoms with van der Waals surface area (Å²) < 4.78 is 2.06. The van der Waals surface area contributed by atoms with E-state index < -0.39 is 0 Å². The summed E-state index contributed by atoms with van der Waals surface area (Å²) in [4.78, 5) is 9.40. The van der Waals surface area contributed by atoms with Crippen molar-refractivity contribution in [1.82, 2.24) is 14.5 Å². The molecule has 0 fully saturated rings. The summed E-state index contributed by atoms with van der Waals surface area (Å²) in [6.07, 6.45) is 4.07. The fraction of sp³-hybridized carbons (Fsp3) is 0.571. The number of rotatable bonds is 4. The van der Waals surface area contributed by atoms with Crippen LogP contribution in [-0.4, -0.2) is 14.5 Å². The highest BCUT2D eigenvalue weighted by atomic mass is 15.0. The van der Waals surface area contributed by atoms with Crippen molar-refractivity contribution in [3.63, 3.8) is 0 Å². The first-order valence-corrected chi connectivity index (χ1v) is 6.63. The molecule has 0 radical (unpaired) electrons. The van der Waals surface area contributed by atoms with E-state index in [2.05, 4.69) is 36.5 Å². The van der Waals surface area contributed by atoms with Gasteiger partial charge in [0, 0.05) is 31.6 Å². The Morgan fingerprint density at radius 2 is 2.06 bits per heavy atom. The van der Waals surface area contributed by atoms with Crippen LogP contribution in [0.3, 0.4) is 0 Å². The maximum absolute atomic E-state index is 5.83. The predicted molar refractivity (Wildman–Crippen MR) is 74.5 cm³/mol. The van der Waals surface area contributed by atoms with Crippen molar-refractivity contribution in [2.45, 2.75) is 46.1 Å². The summed E-state index contributed by atoms with van der Waals surface area (Å²) in [5.41, 5.74) is 9.11. The van der Waals surface area contributed by atoms with Gasteiger partial charge >= 0.3 is 0 Å². The quantitative estimate of drug-likeness (QED) is 0.901. The summed E-state index contributed by atoms with van der Waals surface area (Å²) in [5, 5.41) is 1.15. The van der Waals surface area contributed by atoms with Gasteiger partial charge in [-0.25, -0.2) is 9.97 Å². The van der Waals surface area contributed by atoms with Gasteiger partial charge in [-0.1, -0.05) is 20.8 Å². The zero-order valence-electron chi connectivity index (χ0n) is 11.7. The van der Waals surface area contributed by atoms with Gasteiger partial charge < -0.3 is 10.3 Å². The lowest BCUT2D eigenvalue weighted by Crippen LogP contribution is -2.05. The number of hydrogen-bond acceptors (Lipinski definition) is 3. The zero-order valence-corrected chi connectivity index (χ0v) is 11.7. The van der Waals surface area contributed by atoms with E-state index in [1.807, 2.05) is 7.05 Å². The highest BCUT2D eigenvalue weighted by Gasteiger charge is 2.16. The van der Waals surface area contributed by atoms with Crippen molar-refractivity contribution in [2.24, 2.45) is 12.8 Å². The number of hydrogen-bond donors (Lipinski definition) is 1. The van der Waals surface area contributed by atoms with E-state index in [-0.39, 0.29) is 0 Å². The molecule has 0 unspecified atom stereocenters. The molecule has 2 N–H and O–H groups in total. The van der Waals surface area contributed by atoms with Crippen LogP contribution in [0, 0.1) is 0 Å². The van der Waals surface area contributed by atoms with Crippen molar-refractivity contribution >= 4 is 11.0 Å². The molecule has 0 aliphatic heterocycles. The van der Waals surface area contributed by atoms with Gasteiger partial charge in [-0.15, -0.1) is 0 Å². The molecule has 0 bridgehead atoms. The van der Waals surface area contributed by atoms with Gasteiger partial charge in [0.2, 0.25) is 0 Å². The van der Waals surface area contributed by atoms with Gasteiger partial charge in [0.25, 0.3) is 0 Å². The number of aromatic nitrogens is 3. The molecular weight excluding hydrogens is 224 g/mol. The molecule has 0 amide bonds. The van der Waals surface area contributed by atoms with E-state index in [9.17, 15) is 0 Å². The van der Waals surface area contributed by atoms with Crippen molar-refractivity contribution in [1.29, 1.82) is 0 Å². The second-order valence-electron chi connectivity index (χ2n) is 5.10. The molecule has 4 heteroatoms. The number of nitrogens with zero attached hydrogens (tertiary/aromatic N) is 3. The van der Waals surface area contributed by atoms with Crippen LogP contribution in [-0.2, 0) is 20.0 Å². The molecule has 0 saturated carbocycles. The number of aryl methyl sites for hydroxylation is 2. The molecule has 2 aromatic heterocycles. The molecule has 4 nitrogen and oxygen atoms in total. The van der Waals surface area contributed by atoms with Crippen molar-refractivity contribution < 1.29 is 0 Å². The molecule has 0 aromatic carbocycles. The second kappa shape index (κ2) is 5.06. The van der Waals surface area contributed by atoms with E-state index in [0.717, 1.165) is 41.0 Å². The Kier molecular flexibility index (Phi) is 3.66. The van der Waals surface area contributed by atoms with Crippen LogP contribution >= 0.6 is 0 Å². The lowest BCUT2D eigenvalue weighted by Gasteiger charge is -2.10. The minimum absolute atomic E-state index is 0.388. The molecule has 0 aliphatic carbocycles. The first-order valence-electron chi connectivity index (χ1n) is 6.63. The van der Waals surface area contributed by atoms with Crippen LogP contribution < -0.4 is 5.73 Å². The van der Waals surface area contributed by atoms with Gasteiger partial charge in [0.05, 0.1) is 5.69 Å². The third-order valence-electron chi connectivity index (χ3n) is 3.21. The topological polar surface area (TPSA) is 56.7 Å². The van der Waals surface area contributed by atoms with Crippen LogP contribution in [0.15, 0.2) is 6.20 Å². The average Bonchev–Trinajstić information content (AvgIpc) is 2.66. The van der Waals surface area contributed by atoms with Crippen molar-refractivity contribution in [3.05, 3.63) is 23.3 Å². The van der Waals surface area contributed by atoms with Gasteiger partial charge in [-0.05, 0) is 17.9 Å². The monoisotopic (exact) mass is 246 g/mol. The Labute approximate surface area is 108 Å². The highest BCUT2D eigenvalue weighted by Crippen LogP contribution is 2.27. The van der Waals surface area contributed by atoms with Gasteiger partial charge in [0.15, 0.2) is 0 Å². The van der Waals surface area contributed by atoms with E-state index in [1.165, 1.54) is 0 Å². The summed E-state index contributed by atoms with van der Waals surface area (Å²) in [5.74, 6) is 1.33. The standard InChI is InChI=1S/C14H22N4/c1-5-6-11-16-13(9(2)3)12-10(7-15)8-18(4)14(12)17-11/h8-9H,5-7,15H2,1-4H3. The molecule has 2 rings (SSSR count). The van der Waals surface area contributed by atoms with Gasteiger partial charge in [0.1, 0.15) is 11.5 Å². The van der Waals surface area contributed by atoms with Crippen molar-refractivity contribution in [3.8, 4) is 0 Å². The molecule has 18 heavy (non-hydrogen) atoms. The van der Waals surface area contributed by atoms with Crippen LogP contribution in [0.1, 0.15) is 50.2 Å². The molecule has 98 valence electrons. The smallest absolute Gasteiger partial charge is 0.143 e. The van der Waals surface area contributed by atoms with Crippen LogP contribution in [0.25, 0.3) is 11.0 Å².